The maximum atomic E-state index is 12.4. The Balaban J connectivity index is 1.72. The fourth-order valence-corrected chi connectivity index (χ4v) is 3.15. The molecule has 5 heteroatoms. The first kappa shape index (κ1) is 13.1. The maximum Gasteiger partial charge on any atom is 0.252 e. The van der Waals surface area contributed by atoms with E-state index < -0.39 is 6.04 Å². The molecule has 1 saturated heterocycles. The minimum absolute atomic E-state index is 0.0369. The predicted octanol–water partition coefficient (Wildman–Crippen LogP) is 1.87. The van der Waals surface area contributed by atoms with Crippen molar-refractivity contribution in [2.75, 3.05) is 5.32 Å². The Bertz CT molecular complexity index is 538. The van der Waals surface area contributed by atoms with E-state index in [1.54, 1.807) is 6.20 Å². The van der Waals surface area contributed by atoms with E-state index in [9.17, 15) is 9.59 Å². The zero-order valence-electron chi connectivity index (χ0n) is 11.6. The Morgan fingerprint density at radius 2 is 2.05 bits per heavy atom. The summed E-state index contributed by atoms with van der Waals surface area (Å²) in [6.45, 7) is 1.90. The van der Waals surface area contributed by atoms with Crippen LogP contribution in [0.15, 0.2) is 18.3 Å². The van der Waals surface area contributed by atoms with E-state index in [1.165, 1.54) is 4.90 Å². The van der Waals surface area contributed by atoms with Crippen molar-refractivity contribution in [1.29, 1.82) is 0 Å². The van der Waals surface area contributed by atoms with Gasteiger partial charge in [0.1, 0.15) is 6.04 Å². The molecule has 1 atom stereocenters. The molecule has 1 aliphatic heterocycles. The molecule has 2 fully saturated rings. The van der Waals surface area contributed by atoms with Crippen LogP contribution in [0.25, 0.3) is 0 Å². The number of rotatable bonds is 3. The van der Waals surface area contributed by atoms with Crippen LogP contribution in [0, 0.1) is 6.92 Å². The molecule has 5 nitrogen and oxygen atoms in total. The van der Waals surface area contributed by atoms with E-state index in [0.717, 1.165) is 37.1 Å². The van der Waals surface area contributed by atoms with E-state index in [0.29, 0.717) is 0 Å². The fraction of sp³-hybridized carbons (Fsp3) is 0.533. The zero-order chi connectivity index (χ0) is 14.1. The van der Waals surface area contributed by atoms with Gasteiger partial charge in [-0.3, -0.25) is 19.5 Å². The average Bonchev–Trinajstić information content (AvgIpc) is 2.99. The Hall–Kier alpha value is -1.91. The number of pyridine rings is 1. The van der Waals surface area contributed by atoms with Gasteiger partial charge in [-0.15, -0.1) is 0 Å². The second-order valence-corrected chi connectivity index (χ2v) is 5.63. The molecule has 2 heterocycles. The molecule has 0 radical (unpaired) electrons. The Kier molecular flexibility index (Phi) is 3.42. The number of hydrogen-bond donors (Lipinski definition) is 1. The van der Waals surface area contributed by atoms with Crippen LogP contribution >= 0.6 is 0 Å². The Morgan fingerprint density at radius 1 is 1.30 bits per heavy atom. The second-order valence-electron chi connectivity index (χ2n) is 5.63. The molecular formula is C15H19N3O2. The number of aromatic nitrogens is 1. The third-order valence-corrected chi connectivity index (χ3v) is 4.11. The topological polar surface area (TPSA) is 62.3 Å². The summed E-state index contributed by atoms with van der Waals surface area (Å²) in [4.78, 5) is 30.1. The number of nitrogens with zero attached hydrogens (tertiary/aromatic N) is 2. The Morgan fingerprint density at radius 3 is 2.75 bits per heavy atom. The zero-order valence-corrected chi connectivity index (χ0v) is 11.6. The summed E-state index contributed by atoms with van der Waals surface area (Å²) < 4.78 is 0. The lowest BCUT2D eigenvalue weighted by Gasteiger charge is -2.22. The van der Waals surface area contributed by atoms with Gasteiger partial charge in [0.25, 0.3) is 5.91 Å². The number of amides is 2. The normalized spacial score (nSPS) is 23.6. The summed E-state index contributed by atoms with van der Waals surface area (Å²) >= 11 is 0. The highest BCUT2D eigenvalue weighted by Gasteiger charge is 2.42. The molecule has 2 amide bonds. The van der Waals surface area contributed by atoms with Crippen molar-refractivity contribution in [3.63, 3.8) is 0 Å². The summed E-state index contributed by atoms with van der Waals surface area (Å²) in [6.07, 6.45) is 6.11. The van der Waals surface area contributed by atoms with Crippen LogP contribution in [0.1, 0.15) is 37.8 Å². The van der Waals surface area contributed by atoms with Crippen molar-refractivity contribution in [3.05, 3.63) is 24.0 Å². The van der Waals surface area contributed by atoms with Crippen LogP contribution in [0.5, 0.6) is 0 Å². The summed E-state index contributed by atoms with van der Waals surface area (Å²) in [5, 5.41) is 3.16. The van der Waals surface area contributed by atoms with Crippen molar-refractivity contribution in [1.82, 2.24) is 9.88 Å². The summed E-state index contributed by atoms with van der Waals surface area (Å²) in [5.41, 5.74) is 1.73. The van der Waals surface area contributed by atoms with Crippen molar-refractivity contribution in [3.8, 4) is 0 Å². The number of carbonyl (C=O) groups is 2. The number of likely N-dealkylation sites (tertiary alicyclic amines) is 1. The molecule has 2 aliphatic rings. The van der Waals surface area contributed by atoms with Crippen LogP contribution in [-0.4, -0.2) is 33.8 Å². The average molecular weight is 273 g/mol. The highest BCUT2D eigenvalue weighted by atomic mass is 16.2. The SMILES string of the molecule is Cc1cc(NC2CC(=O)N(C3CCCC3)C2=O)ccn1. The molecule has 0 aromatic carbocycles. The molecule has 1 saturated carbocycles. The third-order valence-electron chi connectivity index (χ3n) is 4.11. The highest BCUT2D eigenvalue weighted by molar-refractivity contribution is 6.07. The van der Waals surface area contributed by atoms with Gasteiger partial charge in [-0.05, 0) is 31.9 Å². The summed E-state index contributed by atoms with van der Waals surface area (Å²) in [7, 11) is 0. The first-order valence-electron chi connectivity index (χ1n) is 7.20. The molecule has 1 aliphatic carbocycles. The van der Waals surface area contributed by atoms with Crippen molar-refractivity contribution >= 4 is 17.5 Å². The van der Waals surface area contributed by atoms with Gasteiger partial charge < -0.3 is 5.32 Å². The number of hydrogen-bond acceptors (Lipinski definition) is 4. The standard InChI is InChI=1S/C15H19N3O2/c1-10-8-11(6-7-16-10)17-13-9-14(19)18(15(13)20)12-4-2-3-5-12/h6-8,12-13H,2-5,9H2,1H3,(H,16,17). The monoisotopic (exact) mass is 273 g/mol. The van der Waals surface area contributed by atoms with Crippen molar-refractivity contribution in [2.24, 2.45) is 0 Å². The lowest BCUT2D eigenvalue weighted by molar-refractivity contribution is -0.141. The first-order chi connectivity index (χ1) is 9.65. The van der Waals surface area contributed by atoms with Gasteiger partial charge in [0.05, 0.1) is 6.42 Å². The minimum Gasteiger partial charge on any atom is -0.373 e. The van der Waals surface area contributed by atoms with Gasteiger partial charge in [0.2, 0.25) is 5.91 Å². The molecule has 1 aromatic rings. The van der Waals surface area contributed by atoms with Crippen molar-refractivity contribution < 1.29 is 9.59 Å². The maximum absolute atomic E-state index is 12.4. The van der Waals surface area contributed by atoms with Crippen LogP contribution in [0.3, 0.4) is 0 Å². The molecule has 1 unspecified atom stereocenters. The first-order valence-corrected chi connectivity index (χ1v) is 7.20. The number of anilines is 1. The largest absolute Gasteiger partial charge is 0.373 e. The summed E-state index contributed by atoms with van der Waals surface area (Å²) in [6, 6.07) is 3.41. The van der Waals surface area contributed by atoms with Gasteiger partial charge in [0.15, 0.2) is 0 Å². The van der Waals surface area contributed by atoms with Gasteiger partial charge in [0, 0.05) is 23.6 Å². The number of imide groups is 1. The smallest absolute Gasteiger partial charge is 0.252 e. The van der Waals surface area contributed by atoms with Crippen LogP contribution < -0.4 is 5.32 Å². The van der Waals surface area contributed by atoms with E-state index in [2.05, 4.69) is 10.3 Å². The summed E-state index contributed by atoms with van der Waals surface area (Å²) in [5.74, 6) is -0.110. The second kappa shape index (κ2) is 5.23. The van der Waals surface area contributed by atoms with Crippen LogP contribution in [0.4, 0.5) is 5.69 Å². The van der Waals surface area contributed by atoms with E-state index in [1.807, 2.05) is 19.1 Å². The lowest BCUT2D eigenvalue weighted by atomic mass is 10.2. The van der Waals surface area contributed by atoms with Gasteiger partial charge in [-0.25, -0.2) is 0 Å². The van der Waals surface area contributed by atoms with Gasteiger partial charge in [-0.1, -0.05) is 12.8 Å². The van der Waals surface area contributed by atoms with Crippen molar-refractivity contribution in [2.45, 2.75) is 51.1 Å². The minimum atomic E-state index is -0.426. The van der Waals surface area contributed by atoms with E-state index in [-0.39, 0.29) is 24.3 Å². The molecule has 106 valence electrons. The van der Waals surface area contributed by atoms with E-state index >= 15 is 0 Å². The van der Waals surface area contributed by atoms with Crippen LogP contribution in [-0.2, 0) is 9.59 Å². The molecular weight excluding hydrogens is 254 g/mol. The molecule has 3 rings (SSSR count). The molecule has 20 heavy (non-hydrogen) atoms. The molecule has 1 N–H and O–H groups in total. The molecule has 0 spiro atoms. The number of nitrogens with one attached hydrogen (secondary N) is 1. The highest BCUT2D eigenvalue weighted by Crippen LogP contribution is 2.29. The van der Waals surface area contributed by atoms with Crippen LogP contribution in [0.2, 0.25) is 0 Å². The molecule has 0 bridgehead atoms. The predicted molar refractivity (Wildman–Crippen MR) is 75.1 cm³/mol. The fourth-order valence-electron chi connectivity index (χ4n) is 3.15. The van der Waals surface area contributed by atoms with Gasteiger partial charge >= 0.3 is 0 Å². The van der Waals surface area contributed by atoms with E-state index in [4.69, 9.17) is 0 Å². The Labute approximate surface area is 118 Å². The number of aryl methyl sites for hydroxylation is 1. The third kappa shape index (κ3) is 2.40. The van der Waals surface area contributed by atoms with Gasteiger partial charge in [-0.2, -0.15) is 0 Å². The number of carbonyl (C=O) groups excluding carboxylic acids is 2. The molecule has 1 aromatic heterocycles. The quantitative estimate of drug-likeness (QED) is 0.854. The lowest BCUT2D eigenvalue weighted by Crippen LogP contribution is -2.40.